The van der Waals surface area contributed by atoms with Gasteiger partial charge >= 0.3 is 5.97 Å². The molecule has 0 heterocycles. The monoisotopic (exact) mass is 344 g/mol. The van der Waals surface area contributed by atoms with Crippen molar-refractivity contribution in [2.45, 2.75) is 26.2 Å². The number of ketones is 1. The molecule has 25 heavy (non-hydrogen) atoms. The SMILES string of the molecule is CCC12C(CC(Cc3ccc(F)cc3)C1(C#N)C(=O)CN)C2C(=O)O. The zero-order valence-electron chi connectivity index (χ0n) is 14.0. The molecule has 5 atom stereocenters. The summed E-state index contributed by atoms with van der Waals surface area (Å²) in [5.74, 6) is -2.84. The largest absolute Gasteiger partial charge is 0.481 e. The molecule has 0 radical (unpaired) electrons. The Labute approximate surface area is 145 Å². The molecule has 3 rings (SSSR count). The van der Waals surface area contributed by atoms with E-state index in [1.54, 1.807) is 12.1 Å². The van der Waals surface area contributed by atoms with Gasteiger partial charge in [0.15, 0.2) is 5.78 Å². The molecule has 0 saturated heterocycles. The van der Waals surface area contributed by atoms with Crippen LogP contribution in [0.4, 0.5) is 4.39 Å². The predicted octanol–water partition coefficient (Wildman–Crippen LogP) is 2.15. The Morgan fingerprint density at radius 3 is 2.52 bits per heavy atom. The summed E-state index contributed by atoms with van der Waals surface area (Å²) in [6.45, 7) is 1.56. The minimum atomic E-state index is -1.39. The summed E-state index contributed by atoms with van der Waals surface area (Å²) in [7, 11) is 0. The summed E-state index contributed by atoms with van der Waals surface area (Å²) in [4.78, 5) is 24.5. The van der Waals surface area contributed by atoms with Gasteiger partial charge in [-0.25, -0.2) is 4.39 Å². The van der Waals surface area contributed by atoms with E-state index >= 15 is 0 Å². The van der Waals surface area contributed by atoms with Crippen molar-refractivity contribution < 1.29 is 19.1 Å². The molecule has 2 saturated carbocycles. The number of nitriles is 1. The summed E-state index contributed by atoms with van der Waals surface area (Å²) < 4.78 is 13.1. The van der Waals surface area contributed by atoms with Gasteiger partial charge in [0.25, 0.3) is 0 Å². The summed E-state index contributed by atoms with van der Waals surface area (Å²) in [6, 6.07) is 8.19. The quantitative estimate of drug-likeness (QED) is 0.823. The fraction of sp³-hybridized carbons (Fsp3) is 0.526. The molecule has 0 aromatic heterocycles. The normalized spacial score (nSPS) is 35.7. The summed E-state index contributed by atoms with van der Waals surface area (Å²) in [6.07, 6.45) is 1.39. The highest BCUT2D eigenvalue weighted by molar-refractivity contribution is 5.94. The standard InChI is InChI=1S/C19H21FN2O3/c1-2-18-14(16(18)17(24)25)8-12(19(18,10-22)15(23)9-21)7-11-3-5-13(20)6-4-11/h3-6,12,14,16H,2,7-9,21H2,1H3,(H,24,25). The second-order valence-electron chi connectivity index (χ2n) is 7.13. The fourth-order valence-electron chi connectivity index (χ4n) is 5.47. The Bertz CT molecular complexity index is 757. The summed E-state index contributed by atoms with van der Waals surface area (Å²) in [5.41, 5.74) is 4.21. The molecule has 0 bridgehead atoms. The topological polar surface area (TPSA) is 104 Å². The van der Waals surface area contributed by atoms with Crippen LogP contribution in [0.5, 0.6) is 0 Å². The minimum absolute atomic E-state index is 0.185. The number of carboxylic acids is 1. The third-order valence-corrected chi connectivity index (χ3v) is 6.44. The van der Waals surface area contributed by atoms with Gasteiger partial charge in [0.2, 0.25) is 0 Å². The molecule has 0 spiro atoms. The number of benzene rings is 1. The van der Waals surface area contributed by atoms with Crippen LogP contribution >= 0.6 is 0 Å². The highest BCUT2D eigenvalue weighted by Gasteiger charge is 2.83. The lowest BCUT2D eigenvalue weighted by Gasteiger charge is -2.37. The molecule has 3 N–H and O–H groups in total. The molecule has 1 aromatic rings. The van der Waals surface area contributed by atoms with Crippen molar-refractivity contribution >= 4 is 11.8 Å². The fourth-order valence-corrected chi connectivity index (χ4v) is 5.47. The number of Topliss-reactive ketones (excluding diaryl/α,β-unsaturated/α-hetero) is 1. The molecule has 2 aliphatic carbocycles. The number of aliphatic carboxylic acids is 1. The van der Waals surface area contributed by atoms with Gasteiger partial charge in [-0.1, -0.05) is 19.1 Å². The predicted molar refractivity (Wildman–Crippen MR) is 87.7 cm³/mol. The molecule has 132 valence electrons. The van der Waals surface area contributed by atoms with Crippen molar-refractivity contribution in [2.24, 2.45) is 34.3 Å². The molecule has 5 unspecified atom stereocenters. The lowest BCUT2D eigenvalue weighted by molar-refractivity contribution is -0.142. The van der Waals surface area contributed by atoms with Crippen LogP contribution in [0.1, 0.15) is 25.3 Å². The van der Waals surface area contributed by atoms with Crippen LogP contribution in [-0.4, -0.2) is 23.4 Å². The molecule has 1 aromatic carbocycles. The van der Waals surface area contributed by atoms with E-state index in [1.807, 2.05) is 6.92 Å². The van der Waals surface area contributed by atoms with Gasteiger partial charge in [-0.05, 0) is 48.8 Å². The van der Waals surface area contributed by atoms with E-state index in [-0.39, 0.29) is 30.0 Å². The number of hydrogen-bond donors (Lipinski definition) is 2. The average Bonchev–Trinajstić information content (AvgIpc) is 3.18. The number of carbonyl (C=O) groups is 2. The van der Waals surface area contributed by atoms with Crippen molar-refractivity contribution in [3.05, 3.63) is 35.6 Å². The molecule has 5 nitrogen and oxygen atoms in total. The van der Waals surface area contributed by atoms with E-state index in [9.17, 15) is 24.3 Å². The molecule has 2 fully saturated rings. The maximum absolute atomic E-state index is 13.1. The Hall–Kier alpha value is -2.26. The molecule has 2 aliphatic rings. The van der Waals surface area contributed by atoms with Gasteiger partial charge in [0.05, 0.1) is 18.5 Å². The van der Waals surface area contributed by atoms with Crippen molar-refractivity contribution in [2.75, 3.05) is 6.54 Å². The van der Waals surface area contributed by atoms with E-state index in [0.717, 1.165) is 5.56 Å². The van der Waals surface area contributed by atoms with Crippen molar-refractivity contribution in [1.82, 2.24) is 0 Å². The number of rotatable bonds is 6. The molecular formula is C19H21FN2O3. The van der Waals surface area contributed by atoms with Crippen LogP contribution in [0.15, 0.2) is 24.3 Å². The first kappa shape index (κ1) is 17.6. The maximum atomic E-state index is 13.1. The van der Waals surface area contributed by atoms with Crippen molar-refractivity contribution in [3.63, 3.8) is 0 Å². The Morgan fingerprint density at radius 1 is 1.40 bits per heavy atom. The number of carbonyl (C=O) groups excluding carboxylic acids is 1. The Morgan fingerprint density at radius 2 is 2.04 bits per heavy atom. The number of hydrogen-bond acceptors (Lipinski definition) is 4. The van der Waals surface area contributed by atoms with E-state index < -0.39 is 22.7 Å². The highest BCUT2D eigenvalue weighted by Crippen LogP contribution is 2.79. The zero-order chi connectivity index (χ0) is 18.4. The van der Waals surface area contributed by atoms with E-state index in [4.69, 9.17) is 5.73 Å². The van der Waals surface area contributed by atoms with Crippen molar-refractivity contribution in [3.8, 4) is 6.07 Å². The number of fused-ring (bicyclic) bond motifs is 1. The highest BCUT2D eigenvalue weighted by atomic mass is 19.1. The zero-order valence-corrected chi connectivity index (χ0v) is 14.0. The molecule has 0 aliphatic heterocycles. The number of nitrogens with two attached hydrogens (primary N) is 1. The van der Waals surface area contributed by atoms with Crippen LogP contribution in [-0.2, 0) is 16.0 Å². The van der Waals surface area contributed by atoms with Gasteiger partial charge in [-0.15, -0.1) is 0 Å². The third-order valence-electron chi connectivity index (χ3n) is 6.44. The van der Waals surface area contributed by atoms with Crippen molar-refractivity contribution in [1.29, 1.82) is 5.26 Å². The molecule has 6 heteroatoms. The van der Waals surface area contributed by atoms with Gasteiger partial charge in [-0.2, -0.15) is 5.26 Å². The minimum Gasteiger partial charge on any atom is -0.481 e. The van der Waals surface area contributed by atoms with Gasteiger partial charge < -0.3 is 10.8 Å². The molecular weight excluding hydrogens is 323 g/mol. The van der Waals surface area contributed by atoms with E-state index in [0.29, 0.717) is 19.3 Å². The van der Waals surface area contributed by atoms with E-state index in [2.05, 4.69) is 6.07 Å². The Kier molecular flexibility index (Phi) is 4.16. The van der Waals surface area contributed by atoms with Crippen LogP contribution in [0.2, 0.25) is 0 Å². The third kappa shape index (κ3) is 2.15. The van der Waals surface area contributed by atoms with Crippen LogP contribution in [0.3, 0.4) is 0 Å². The first-order valence-corrected chi connectivity index (χ1v) is 8.50. The van der Waals surface area contributed by atoms with E-state index in [1.165, 1.54) is 12.1 Å². The second kappa shape index (κ2) is 5.92. The Balaban J connectivity index is 2.03. The maximum Gasteiger partial charge on any atom is 0.307 e. The number of carboxylic acid groups (broad SMARTS) is 1. The van der Waals surface area contributed by atoms with Gasteiger partial charge in [0, 0.05) is 5.41 Å². The summed E-state index contributed by atoms with van der Waals surface area (Å²) in [5, 5.41) is 19.6. The smallest absolute Gasteiger partial charge is 0.307 e. The molecule has 0 amide bonds. The second-order valence-corrected chi connectivity index (χ2v) is 7.13. The first-order valence-electron chi connectivity index (χ1n) is 8.50. The average molecular weight is 344 g/mol. The number of halogens is 1. The van der Waals surface area contributed by atoms with Gasteiger partial charge in [-0.3, -0.25) is 9.59 Å². The summed E-state index contributed by atoms with van der Waals surface area (Å²) >= 11 is 0. The lowest BCUT2D eigenvalue weighted by Crippen LogP contribution is -2.48. The first-order chi connectivity index (χ1) is 11.9. The van der Waals surface area contributed by atoms with Crippen LogP contribution in [0, 0.1) is 45.7 Å². The lowest BCUT2D eigenvalue weighted by atomic mass is 9.62. The van der Waals surface area contributed by atoms with Crippen LogP contribution in [0.25, 0.3) is 0 Å². The number of nitrogens with zero attached hydrogens (tertiary/aromatic N) is 1. The van der Waals surface area contributed by atoms with Crippen LogP contribution < -0.4 is 5.73 Å². The van der Waals surface area contributed by atoms with Gasteiger partial charge in [0.1, 0.15) is 11.2 Å².